The molecule has 5 nitrogen and oxygen atoms in total. The zero-order chi connectivity index (χ0) is 15.7. The van der Waals surface area contributed by atoms with Crippen molar-refractivity contribution in [2.75, 3.05) is 52.9 Å². The number of hydrogen-bond acceptors (Lipinski definition) is 7. The molecule has 2 aromatic heterocycles. The summed E-state index contributed by atoms with van der Waals surface area (Å²) in [6.45, 7) is 4.32. The van der Waals surface area contributed by atoms with Crippen LogP contribution in [0.2, 0.25) is 0 Å². The summed E-state index contributed by atoms with van der Waals surface area (Å²) in [6.07, 6.45) is 0. The number of rotatable bonds is 1. The molecule has 0 bridgehead atoms. The van der Waals surface area contributed by atoms with Crippen molar-refractivity contribution in [3.63, 3.8) is 0 Å². The summed E-state index contributed by atoms with van der Waals surface area (Å²) >= 11 is 3.33. The Morgan fingerprint density at radius 3 is 2.04 bits per heavy atom. The van der Waals surface area contributed by atoms with E-state index in [1.807, 2.05) is 11.4 Å². The Morgan fingerprint density at radius 2 is 1.39 bits per heavy atom. The lowest BCUT2D eigenvalue weighted by Gasteiger charge is -2.11. The molecule has 0 saturated carbocycles. The van der Waals surface area contributed by atoms with Crippen LogP contribution in [0.3, 0.4) is 0 Å². The fourth-order valence-electron chi connectivity index (χ4n) is 2.10. The van der Waals surface area contributed by atoms with Gasteiger partial charge >= 0.3 is 0 Å². The van der Waals surface area contributed by atoms with E-state index >= 15 is 0 Å². The molecule has 0 radical (unpaired) electrons. The SMILES string of the molecule is c1csc(-c2scc3c2OCCOCCOCCOCCO3)c1. The second-order valence-corrected chi connectivity index (χ2v) is 6.60. The van der Waals surface area contributed by atoms with Gasteiger partial charge in [0.25, 0.3) is 0 Å². The minimum absolute atomic E-state index is 0.488. The average Bonchev–Trinajstić information content (AvgIpc) is 3.20. The highest BCUT2D eigenvalue weighted by Gasteiger charge is 2.17. The Morgan fingerprint density at radius 1 is 0.739 bits per heavy atom. The van der Waals surface area contributed by atoms with Crippen molar-refractivity contribution in [3.8, 4) is 21.3 Å². The van der Waals surface area contributed by atoms with E-state index < -0.39 is 0 Å². The van der Waals surface area contributed by atoms with Crippen LogP contribution in [0.25, 0.3) is 9.75 Å². The third-order valence-electron chi connectivity index (χ3n) is 3.16. The quantitative estimate of drug-likeness (QED) is 0.785. The monoisotopic (exact) mass is 356 g/mol. The van der Waals surface area contributed by atoms with Crippen LogP contribution in [0.1, 0.15) is 0 Å². The topological polar surface area (TPSA) is 46.2 Å². The van der Waals surface area contributed by atoms with Gasteiger partial charge in [-0.15, -0.1) is 22.7 Å². The van der Waals surface area contributed by atoms with Crippen molar-refractivity contribution < 1.29 is 23.7 Å². The molecular formula is C16H20O5S2. The van der Waals surface area contributed by atoms with Crippen LogP contribution in [0.4, 0.5) is 0 Å². The minimum Gasteiger partial charge on any atom is -0.486 e. The first-order valence-electron chi connectivity index (χ1n) is 7.59. The summed E-state index contributed by atoms with van der Waals surface area (Å²) < 4.78 is 28.1. The lowest BCUT2D eigenvalue weighted by molar-refractivity contribution is 0.00709. The fraction of sp³-hybridized carbons (Fsp3) is 0.500. The number of hydrogen-bond donors (Lipinski definition) is 0. The largest absolute Gasteiger partial charge is 0.486 e. The van der Waals surface area contributed by atoms with E-state index in [0.717, 1.165) is 16.4 Å². The molecule has 3 heterocycles. The van der Waals surface area contributed by atoms with Crippen molar-refractivity contribution in [3.05, 3.63) is 22.9 Å². The molecule has 0 aromatic carbocycles. The molecule has 2 aromatic rings. The van der Waals surface area contributed by atoms with Gasteiger partial charge in [0.15, 0.2) is 11.5 Å². The molecule has 7 heteroatoms. The van der Waals surface area contributed by atoms with Crippen molar-refractivity contribution in [1.82, 2.24) is 0 Å². The normalized spacial score (nSPS) is 18.1. The molecule has 1 aliphatic rings. The van der Waals surface area contributed by atoms with Gasteiger partial charge in [-0.1, -0.05) is 6.07 Å². The maximum absolute atomic E-state index is 5.94. The van der Waals surface area contributed by atoms with Crippen molar-refractivity contribution in [1.29, 1.82) is 0 Å². The highest BCUT2D eigenvalue weighted by molar-refractivity contribution is 7.20. The third-order valence-corrected chi connectivity index (χ3v) is 5.15. The molecule has 1 aliphatic heterocycles. The molecule has 23 heavy (non-hydrogen) atoms. The van der Waals surface area contributed by atoms with Gasteiger partial charge in [-0.2, -0.15) is 0 Å². The number of ether oxygens (including phenoxy) is 5. The van der Waals surface area contributed by atoms with Gasteiger partial charge in [0.1, 0.15) is 13.2 Å². The summed E-state index contributed by atoms with van der Waals surface area (Å²) in [4.78, 5) is 2.28. The first-order chi connectivity index (χ1) is 11.4. The molecule has 126 valence electrons. The first-order valence-corrected chi connectivity index (χ1v) is 9.35. The lowest BCUT2D eigenvalue weighted by Crippen LogP contribution is -2.13. The predicted molar refractivity (Wildman–Crippen MR) is 91.1 cm³/mol. The minimum atomic E-state index is 0.488. The van der Waals surface area contributed by atoms with Crippen LogP contribution < -0.4 is 9.47 Å². The van der Waals surface area contributed by atoms with Crippen molar-refractivity contribution in [2.24, 2.45) is 0 Å². The Hall–Kier alpha value is -1.12. The average molecular weight is 356 g/mol. The summed E-state index contributed by atoms with van der Waals surface area (Å²) in [6, 6.07) is 4.13. The summed E-state index contributed by atoms with van der Waals surface area (Å²) in [5, 5.41) is 4.05. The smallest absolute Gasteiger partial charge is 0.180 e. The molecule has 0 fully saturated rings. The van der Waals surface area contributed by atoms with Gasteiger partial charge in [0.05, 0.1) is 44.5 Å². The second kappa shape index (κ2) is 9.24. The molecule has 0 N–H and O–H groups in total. The summed E-state index contributed by atoms with van der Waals surface area (Å²) in [7, 11) is 0. The number of fused-ring (bicyclic) bond motifs is 1. The highest BCUT2D eigenvalue weighted by Crippen LogP contribution is 2.45. The molecule has 0 atom stereocenters. The zero-order valence-electron chi connectivity index (χ0n) is 12.8. The van der Waals surface area contributed by atoms with E-state index in [1.165, 1.54) is 4.88 Å². The van der Waals surface area contributed by atoms with Crippen LogP contribution in [-0.4, -0.2) is 52.9 Å². The van der Waals surface area contributed by atoms with Crippen LogP contribution in [0.5, 0.6) is 11.5 Å². The molecule has 0 unspecified atom stereocenters. The van der Waals surface area contributed by atoms with Gasteiger partial charge < -0.3 is 23.7 Å². The van der Waals surface area contributed by atoms with Gasteiger partial charge in [-0.05, 0) is 11.4 Å². The van der Waals surface area contributed by atoms with Crippen molar-refractivity contribution in [2.45, 2.75) is 0 Å². The summed E-state index contributed by atoms with van der Waals surface area (Å²) in [5.74, 6) is 1.57. The van der Waals surface area contributed by atoms with E-state index in [0.29, 0.717) is 52.9 Å². The predicted octanol–water partition coefficient (Wildman–Crippen LogP) is 3.30. The standard InChI is InChI=1S/C16H20O5S2/c1-2-14(22-11-1)16-15-13(12-23-16)20-9-7-18-5-3-17-4-6-19-8-10-21-15/h1-2,11-12H,3-10H2. The Kier molecular flexibility index (Phi) is 6.72. The molecule has 3 rings (SSSR count). The highest BCUT2D eigenvalue weighted by atomic mass is 32.1. The van der Waals surface area contributed by atoms with E-state index in [4.69, 9.17) is 23.7 Å². The zero-order valence-corrected chi connectivity index (χ0v) is 14.5. The molecule has 0 aliphatic carbocycles. The van der Waals surface area contributed by atoms with E-state index in [1.54, 1.807) is 22.7 Å². The van der Waals surface area contributed by atoms with E-state index in [-0.39, 0.29) is 0 Å². The van der Waals surface area contributed by atoms with Crippen molar-refractivity contribution >= 4 is 22.7 Å². The van der Waals surface area contributed by atoms with Gasteiger partial charge in [-0.3, -0.25) is 0 Å². The Labute approximate surface area is 143 Å². The lowest BCUT2D eigenvalue weighted by atomic mass is 10.3. The molecular weight excluding hydrogens is 336 g/mol. The Balaban J connectivity index is 1.70. The van der Waals surface area contributed by atoms with Gasteiger partial charge in [-0.25, -0.2) is 0 Å². The van der Waals surface area contributed by atoms with Crippen LogP contribution in [0.15, 0.2) is 22.9 Å². The fourth-order valence-corrected chi connectivity index (χ4v) is 3.90. The first kappa shape index (κ1) is 16.7. The molecule has 0 saturated heterocycles. The van der Waals surface area contributed by atoms with Gasteiger partial charge in [0, 0.05) is 10.3 Å². The van der Waals surface area contributed by atoms with Crippen LogP contribution in [-0.2, 0) is 14.2 Å². The molecule has 0 spiro atoms. The van der Waals surface area contributed by atoms with E-state index in [9.17, 15) is 0 Å². The second-order valence-electron chi connectivity index (χ2n) is 4.77. The number of thiophene rings is 2. The molecule has 0 amide bonds. The third kappa shape index (κ3) is 4.92. The van der Waals surface area contributed by atoms with Gasteiger partial charge in [0.2, 0.25) is 0 Å². The Bertz CT molecular complexity index is 567. The summed E-state index contributed by atoms with van der Waals surface area (Å²) in [5.41, 5.74) is 0. The van der Waals surface area contributed by atoms with E-state index in [2.05, 4.69) is 11.4 Å². The van der Waals surface area contributed by atoms with Crippen LogP contribution >= 0.6 is 22.7 Å². The maximum Gasteiger partial charge on any atom is 0.180 e. The van der Waals surface area contributed by atoms with Crippen LogP contribution in [0, 0.1) is 0 Å². The maximum atomic E-state index is 5.94.